The number of ether oxygens (including phenoxy) is 1. The fourth-order valence-corrected chi connectivity index (χ4v) is 4.79. The van der Waals surface area contributed by atoms with Crippen molar-refractivity contribution in [3.05, 3.63) is 69.2 Å². The molecule has 0 aliphatic carbocycles. The van der Waals surface area contributed by atoms with E-state index in [-0.39, 0.29) is 5.91 Å². The van der Waals surface area contributed by atoms with Gasteiger partial charge in [-0.3, -0.25) is 9.69 Å². The molecule has 1 amide bonds. The van der Waals surface area contributed by atoms with E-state index in [0.29, 0.717) is 22.4 Å². The minimum absolute atomic E-state index is 0.0567. The summed E-state index contributed by atoms with van der Waals surface area (Å²) in [7, 11) is 1.71. The van der Waals surface area contributed by atoms with Crippen molar-refractivity contribution in [1.82, 2.24) is 9.47 Å². The zero-order valence-electron chi connectivity index (χ0n) is 16.0. The summed E-state index contributed by atoms with van der Waals surface area (Å²) in [5, 5.41) is 1.08. The monoisotopic (exact) mass is 486 g/mol. The van der Waals surface area contributed by atoms with Crippen molar-refractivity contribution in [2.45, 2.75) is 13.5 Å². The van der Waals surface area contributed by atoms with Gasteiger partial charge >= 0.3 is 0 Å². The number of carbonyl (C=O) groups is 1. The number of nitrogens with zero attached hydrogens (tertiary/aromatic N) is 2. The van der Waals surface area contributed by atoms with Crippen LogP contribution in [0.3, 0.4) is 0 Å². The van der Waals surface area contributed by atoms with E-state index in [2.05, 4.69) is 38.8 Å². The second-order valence-corrected chi connectivity index (χ2v) is 9.39. The van der Waals surface area contributed by atoms with Crippen LogP contribution in [0.1, 0.15) is 11.1 Å². The maximum atomic E-state index is 12.4. The number of carbonyl (C=O) groups excluding carboxylic acids is 1. The largest absolute Gasteiger partial charge is 0.491 e. The van der Waals surface area contributed by atoms with E-state index in [1.165, 1.54) is 16.7 Å². The van der Waals surface area contributed by atoms with Crippen LogP contribution in [0.25, 0.3) is 17.0 Å². The van der Waals surface area contributed by atoms with Crippen LogP contribution in [-0.2, 0) is 11.3 Å². The van der Waals surface area contributed by atoms with Gasteiger partial charge in [-0.2, -0.15) is 0 Å². The molecule has 3 aromatic rings. The summed E-state index contributed by atoms with van der Waals surface area (Å²) in [6.07, 6.45) is 4.00. The fourth-order valence-electron chi connectivity index (χ4n) is 3.26. The summed E-state index contributed by atoms with van der Waals surface area (Å²) in [6.45, 7) is 3.30. The minimum atomic E-state index is -0.0567. The first-order valence-corrected chi connectivity index (χ1v) is 11.1. The van der Waals surface area contributed by atoms with Crippen molar-refractivity contribution in [3.63, 3.8) is 0 Å². The molecule has 148 valence electrons. The number of rotatable bonds is 5. The van der Waals surface area contributed by atoms with E-state index < -0.39 is 0 Å². The van der Waals surface area contributed by atoms with E-state index in [9.17, 15) is 4.79 Å². The minimum Gasteiger partial charge on any atom is -0.491 e. The van der Waals surface area contributed by atoms with E-state index in [1.54, 1.807) is 7.05 Å². The Kier molecular flexibility index (Phi) is 5.81. The van der Waals surface area contributed by atoms with Crippen molar-refractivity contribution in [3.8, 4) is 5.75 Å². The molecule has 0 saturated carbocycles. The molecule has 0 unspecified atom stereocenters. The number of para-hydroxylation sites is 1. The van der Waals surface area contributed by atoms with Crippen LogP contribution in [0.5, 0.6) is 5.75 Å². The molecule has 29 heavy (non-hydrogen) atoms. The van der Waals surface area contributed by atoms with Crippen molar-refractivity contribution < 1.29 is 9.53 Å². The van der Waals surface area contributed by atoms with E-state index in [1.807, 2.05) is 43.3 Å². The van der Waals surface area contributed by atoms with Gasteiger partial charge in [-0.15, -0.1) is 0 Å². The van der Waals surface area contributed by atoms with Gasteiger partial charge in [0.25, 0.3) is 5.91 Å². The van der Waals surface area contributed by atoms with Crippen molar-refractivity contribution in [2.75, 3.05) is 13.7 Å². The average Bonchev–Trinajstić information content (AvgIpc) is 3.15. The SMILES string of the molecule is Cc1ccccc1OCCn1cc(/C=C2\SC(=S)N(C)C2=O)c2cc(Br)ccc21. The molecule has 1 aromatic heterocycles. The van der Waals surface area contributed by atoms with Crippen LogP contribution in [0.4, 0.5) is 0 Å². The number of likely N-dealkylation sites (N-methyl/N-ethyl adjacent to an activating group) is 1. The molecule has 1 saturated heterocycles. The van der Waals surface area contributed by atoms with Crippen molar-refractivity contribution in [2.24, 2.45) is 0 Å². The number of benzene rings is 2. The lowest BCUT2D eigenvalue weighted by atomic mass is 10.1. The molecule has 1 fully saturated rings. The van der Waals surface area contributed by atoms with Crippen LogP contribution < -0.4 is 4.74 Å². The number of aromatic nitrogens is 1. The first-order chi connectivity index (χ1) is 13.9. The highest BCUT2D eigenvalue weighted by Crippen LogP contribution is 2.34. The van der Waals surface area contributed by atoms with Gasteiger partial charge in [-0.1, -0.05) is 58.1 Å². The highest BCUT2D eigenvalue weighted by Gasteiger charge is 2.29. The second-order valence-electron chi connectivity index (χ2n) is 6.79. The summed E-state index contributed by atoms with van der Waals surface area (Å²) >= 11 is 10.1. The van der Waals surface area contributed by atoms with Crippen LogP contribution in [0.15, 0.2) is 58.0 Å². The smallest absolute Gasteiger partial charge is 0.265 e. The topological polar surface area (TPSA) is 34.5 Å². The molecule has 7 heteroatoms. The first kappa shape index (κ1) is 20.2. The molecule has 0 N–H and O–H groups in total. The Balaban J connectivity index is 1.63. The zero-order valence-corrected chi connectivity index (χ0v) is 19.2. The lowest BCUT2D eigenvalue weighted by Crippen LogP contribution is -2.22. The van der Waals surface area contributed by atoms with Crippen molar-refractivity contribution in [1.29, 1.82) is 0 Å². The lowest BCUT2D eigenvalue weighted by Gasteiger charge is -2.10. The molecular formula is C22H19BrN2O2S2. The Morgan fingerprint density at radius 3 is 2.76 bits per heavy atom. The van der Waals surface area contributed by atoms with Gasteiger partial charge in [0.15, 0.2) is 0 Å². The highest BCUT2D eigenvalue weighted by molar-refractivity contribution is 9.10. The van der Waals surface area contributed by atoms with E-state index >= 15 is 0 Å². The lowest BCUT2D eigenvalue weighted by molar-refractivity contribution is -0.121. The van der Waals surface area contributed by atoms with Gasteiger partial charge in [0.1, 0.15) is 16.7 Å². The Morgan fingerprint density at radius 2 is 2.03 bits per heavy atom. The number of hydrogen-bond acceptors (Lipinski definition) is 4. The third-order valence-electron chi connectivity index (χ3n) is 4.83. The summed E-state index contributed by atoms with van der Waals surface area (Å²) in [5.74, 6) is 0.845. The predicted molar refractivity (Wildman–Crippen MR) is 127 cm³/mol. The number of amides is 1. The van der Waals surface area contributed by atoms with E-state index in [4.69, 9.17) is 17.0 Å². The van der Waals surface area contributed by atoms with Gasteiger partial charge in [-0.05, 0) is 42.8 Å². The molecule has 0 atom stereocenters. The van der Waals surface area contributed by atoms with Crippen LogP contribution >= 0.6 is 39.9 Å². The molecule has 4 rings (SSSR count). The summed E-state index contributed by atoms with van der Waals surface area (Å²) in [6, 6.07) is 14.2. The van der Waals surface area contributed by atoms with Gasteiger partial charge in [-0.25, -0.2) is 0 Å². The van der Waals surface area contributed by atoms with Crippen LogP contribution in [-0.4, -0.2) is 33.3 Å². The normalized spacial score (nSPS) is 15.7. The summed E-state index contributed by atoms with van der Waals surface area (Å²) in [5.41, 5.74) is 3.21. The Morgan fingerprint density at radius 1 is 1.24 bits per heavy atom. The van der Waals surface area contributed by atoms with Crippen LogP contribution in [0.2, 0.25) is 0 Å². The molecule has 1 aliphatic heterocycles. The Bertz CT molecular complexity index is 1150. The van der Waals surface area contributed by atoms with Gasteiger partial charge in [0.05, 0.1) is 11.4 Å². The molecular weight excluding hydrogens is 468 g/mol. The number of thioether (sulfide) groups is 1. The quantitative estimate of drug-likeness (QED) is 0.346. The van der Waals surface area contributed by atoms with Crippen LogP contribution in [0, 0.1) is 6.92 Å². The van der Waals surface area contributed by atoms with E-state index in [0.717, 1.165) is 32.3 Å². The number of halogens is 1. The van der Waals surface area contributed by atoms with Gasteiger partial charge in [0.2, 0.25) is 0 Å². The standard InChI is InChI=1S/C22H19BrN2O2S2/c1-14-5-3-4-6-19(14)27-10-9-25-13-15(17-12-16(23)7-8-18(17)25)11-20-21(26)24(2)22(28)29-20/h3-8,11-13H,9-10H2,1-2H3/b20-11-. The second kappa shape index (κ2) is 8.34. The van der Waals surface area contributed by atoms with Gasteiger partial charge < -0.3 is 9.30 Å². The average molecular weight is 487 g/mol. The maximum absolute atomic E-state index is 12.4. The Labute approximate surface area is 187 Å². The molecule has 2 heterocycles. The number of aryl methyl sites for hydroxylation is 1. The highest BCUT2D eigenvalue weighted by atomic mass is 79.9. The predicted octanol–water partition coefficient (Wildman–Crippen LogP) is 5.62. The van der Waals surface area contributed by atoms with Gasteiger partial charge in [0, 0.05) is 34.2 Å². The molecule has 0 spiro atoms. The molecule has 4 nitrogen and oxygen atoms in total. The summed E-state index contributed by atoms with van der Waals surface area (Å²) in [4.78, 5) is 14.6. The third kappa shape index (κ3) is 4.13. The molecule has 1 aliphatic rings. The Hall–Kier alpha value is -2.09. The summed E-state index contributed by atoms with van der Waals surface area (Å²) < 4.78 is 9.72. The number of hydrogen-bond donors (Lipinski definition) is 0. The molecule has 0 bridgehead atoms. The number of thiocarbonyl (C=S) groups is 1. The number of fused-ring (bicyclic) bond motifs is 1. The maximum Gasteiger partial charge on any atom is 0.265 e. The molecule has 0 radical (unpaired) electrons. The third-order valence-corrected chi connectivity index (χ3v) is 6.81. The zero-order chi connectivity index (χ0) is 20.5. The first-order valence-electron chi connectivity index (χ1n) is 9.12. The molecule has 2 aromatic carbocycles. The van der Waals surface area contributed by atoms with Crippen molar-refractivity contribution >= 4 is 67.1 Å². The fraction of sp³-hybridized carbons (Fsp3) is 0.182.